The van der Waals surface area contributed by atoms with Crippen LogP contribution in [0.25, 0.3) is 0 Å². The van der Waals surface area contributed by atoms with Gasteiger partial charge in [-0.3, -0.25) is 20.2 Å². The summed E-state index contributed by atoms with van der Waals surface area (Å²) in [5.74, 6) is -0.202. The third kappa shape index (κ3) is 3.34. The molecule has 2 aromatic rings. The van der Waals surface area contributed by atoms with Gasteiger partial charge in [-0.25, -0.2) is 4.98 Å². The van der Waals surface area contributed by atoms with Gasteiger partial charge in [0.25, 0.3) is 11.6 Å². The van der Waals surface area contributed by atoms with Crippen LogP contribution >= 0.6 is 31.9 Å². The molecule has 0 fully saturated rings. The minimum atomic E-state index is -0.654. The van der Waals surface area contributed by atoms with E-state index in [1.165, 1.54) is 30.5 Å². The lowest BCUT2D eigenvalue weighted by atomic mass is 10.3. The molecule has 0 aliphatic carbocycles. The number of aromatic nitrogens is 1. The number of rotatable bonds is 4. The zero-order chi connectivity index (χ0) is 15.6. The number of hydrogen-bond acceptors (Lipinski definition) is 6. The molecule has 1 heterocycles. The van der Waals surface area contributed by atoms with Crippen molar-refractivity contribution in [3.05, 3.63) is 59.6 Å². The highest BCUT2D eigenvalue weighted by molar-refractivity contribution is 9.11. The summed E-state index contributed by atoms with van der Waals surface area (Å²) in [6.45, 7) is 0. The maximum atomic E-state index is 11.0. The Bertz CT molecular complexity index is 738. The van der Waals surface area contributed by atoms with Crippen molar-refractivity contribution < 1.29 is 14.6 Å². The van der Waals surface area contributed by atoms with Crippen LogP contribution < -0.4 is 4.74 Å². The van der Waals surface area contributed by atoms with Gasteiger partial charge in [0, 0.05) is 22.8 Å². The highest BCUT2D eigenvalue weighted by atomic mass is 79.9. The van der Waals surface area contributed by atoms with Crippen LogP contribution in [0.3, 0.4) is 0 Å². The summed E-state index contributed by atoms with van der Waals surface area (Å²) in [6.07, 6.45) is 1.33. The maximum absolute atomic E-state index is 11.0. The quantitative estimate of drug-likeness (QED) is 0.543. The molecule has 0 atom stereocenters. The van der Waals surface area contributed by atoms with E-state index in [0.29, 0.717) is 4.47 Å². The number of halogens is 2. The topological polar surface area (TPSA) is 108 Å². The zero-order valence-electron chi connectivity index (χ0n) is 10.0. The average Bonchev–Trinajstić information content (AvgIpc) is 2.42. The second kappa shape index (κ2) is 6.14. The Labute approximate surface area is 134 Å². The van der Waals surface area contributed by atoms with Gasteiger partial charge in [0.2, 0.25) is 0 Å². The van der Waals surface area contributed by atoms with Crippen LogP contribution in [0.5, 0.6) is 11.6 Å². The van der Waals surface area contributed by atoms with E-state index >= 15 is 0 Å². The van der Waals surface area contributed by atoms with Gasteiger partial charge in [0.05, 0.1) is 9.85 Å². The molecular weight excluding hydrogens is 414 g/mol. The second-order valence-corrected chi connectivity index (χ2v) is 5.39. The Morgan fingerprint density at radius 3 is 2.38 bits per heavy atom. The summed E-state index contributed by atoms with van der Waals surface area (Å²) < 4.78 is 5.82. The Morgan fingerprint density at radius 2 is 1.76 bits per heavy atom. The predicted molar refractivity (Wildman–Crippen MR) is 79.5 cm³/mol. The summed E-state index contributed by atoms with van der Waals surface area (Å²) in [5.41, 5.74) is -0.574. The summed E-state index contributed by atoms with van der Waals surface area (Å²) in [7, 11) is 0. The molecule has 0 aliphatic heterocycles. The third-order valence-corrected chi connectivity index (χ3v) is 3.57. The van der Waals surface area contributed by atoms with E-state index in [4.69, 9.17) is 4.74 Å². The molecule has 1 aromatic carbocycles. The first-order valence-corrected chi connectivity index (χ1v) is 6.89. The number of pyridine rings is 1. The molecule has 0 bridgehead atoms. The van der Waals surface area contributed by atoms with Gasteiger partial charge < -0.3 is 4.74 Å². The molecule has 10 heteroatoms. The molecule has 21 heavy (non-hydrogen) atoms. The van der Waals surface area contributed by atoms with Crippen molar-refractivity contribution in [1.82, 2.24) is 4.98 Å². The average molecular weight is 419 g/mol. The summed E-state index contributed by atoms with van der Waals surface area (Å²) in [5, 5.41) is 21.8. The number of nitro benzene ring substituents is 1. The first kappa shape index (κ1) is 15.3. The molecule has 0 saturated carbocycles. The lowest BCUT2D eigenvalue weighted by Crippen LogP contribution is -1.97. The SMILES string of the molecule is O=[N+]([O-])c1cc(Br)cnc1Oc1cccc([N+](=O)[O-])c1Br. The van der Waals surface area contributed by atoms with Gasteiger partial charge >= 0.3 is 5.69 Å². The minimum Gasteiger partial charge on any atom is -0.432 e. The summed E-state index contributed by atoms with van der Waals surface area (Å²) >= 11 is 6.12. The monoisotopic (exact) mass is 417 g/mol. The minimum absolute atomic E-state index is 0.0575. The van der Waals surface area contributed by atoms with E-state index in [-0.39, 0.29) is 27.5 Å². The van der Waals surface area contributed by atoms with Crippen LogP contribution in [0, 0.1) is 20.2 Å². The number of hydrogen-bond donors (Lipinski definition) is 0. The van der Waals surface area contributed by atoms with Crippen LogP contribution in [0.1, 0.15) is 0 Å². The lowest BCUT2D eigenvalue weighted by molar-refractivity contribution is -0.386. The van der Waals surface area contributed by atoms with Gasteiger partial charge in [0.1, 0.15) is 4.47 Å². The van der Waals surface area contributed by atoms with E-state index in [9.17, 15) is 20.2 Å². The molecule has 8 nitrogen and oxygen atoms in total. The zero-order valence-corrected chi connectivity index (χ0v) is 13.2. The maximum Gasteiger partial charge on any atom is 0.332 e. The Balaban J connectivity index is 2.46. The Morgan fingerprint density at radius 1 is 1.10 bits per heavy atom. The molecular formula is C11H5Br2N3O5. The largest absolute Gasteiger partial charge is 0.432 e. The van der Waals surface area contributed by atoms with E-state index in [1.807, 2.05) is 0 Å². The summed E-state index contributed by atoms with van der Waals surface area (Å²) in [4.78, 5) is 24.4. The van der Waals surface area contributed by atoms with Crippen molar-refractivity contribution in [1.29, 1.82) is 0 Å². The second-order valence-electron chi connectivity index (χ2n) is 3.68. The van der Waals surface area contributed by atoms with Crippen molar-refractivity contribution in [3.8, 4) is 11.6 Å². The smallest absolute Gasteiger partial charge is 0.332 e. The van der Waals surface area contributed by atoms with Crippen LogP contribution in [0.15, 0.2) is 39.4 Å². The standard InChI is InChI=1S/C11H5Br2N3O5/c12-6-4-8(16(19)20)11(14-5-6)21-9-3-1-2-7(10(9)13)15(17)18/h1-5H. The highest BCUT2D eigenvalue weighted by Gasteiger charge is 2.22. The van der Waals surface area contributed by atoms with Gasteiger partial charge in [0.15, 0.2) is 5.75 Å². The highest BCUT2D eigenvalue weighted by Crippen LogP contribution is 2.38. The first-order valence-electron chi connectivity index (χ1n) is 5.31. The number of ether oxygens (including phenoxy) is 1. The molecule has 0 radical (unpaired) electrons. The van der Waals surface area contributed by atoms with Crippen LogP contribution in [-0.4, -0.2) is 14.8 Å². The van der Waals surface area contributed by atoms with Crippen molar-refractivity contribution in [3.63, 3.8) is 0 Å². The van der Waals surface area contributed by atoms with Gasteiger partial charge in [-0.05, 0) is 37.9 Å². The molecule has 0 N–H and O–H groups in total. The molecule has 0 saturated heterocycles. The van der Waals surface area contributed by atoms with E-state index in [1.54, 1.807) is 0 Å². The fourth-order valence-electron chi connectivity index (χ4n) is 1.45. The van der Waals surface area contributed by atoms with E-state index < -0.39 is 9.85 Å². The number of nitro groups is 2. The fourth-order valence-corrected chi connectivity index (χ4v) is 2.26. The van der Waals surface area contributed by atoms with Crippen molar-refractivity contribution >= 4 is 43.2 Å². The molecule has 0 spiro atoms. The molecule has 108 valence electrons. The van der Waals surface area contributed by atoms with Crippen LogP contribution in [0.4, 0.5) is 11.4 Å². The van der Waals surface area contributed by atoms with Crippen molar-refractivity contribution in [2.45, 2.75) is 0 Å². The predicted octanol–water partition coefficient (Wildman–Crippen LogP) is 4.22. The van der Waals surface area contributed by atoms with Gasteiger partial charge in [-0.15, -0.1) is 0 Å². The first-order chi connectivity index (χ1) is 9.90. The fraction of sp³-hybridized carbons (Fsp3) is 0. The molecule has 0 unspecified atom stereocenters. The van der Waals surface area contributed by atoms with Gasteiger partial charge in [-0.1, -0.05) is 6.07 Å². The summed E-state index contributed by atoms with van der Waals surface area (Å²) in [6, 6.07) is 5.35. The normalized spacial score (nSPS) is 10.2. The molecule has 1 aromatic heterocycles. The van der Waals surface area contributed by atoms with Crippen LogP contribution in [-0.2, 0) is 0 Å². The molecule has 2 rings (SSSR count). The van der Waals surface area contributed by atoms with E-state index in [2.05, 4.69) is 36.8 Å². The Hall–Kier alpha value is -2.07. The van der Waals surface area contributed by atoms with Gasteiger partial charge in [-0.2, -0.15) is 0 Å². The van der Waals surface area contributed by atoms with Crippen molar-refractivity contribution in [2.75, 3.05) is 0 Å². The number of benzene rings is 1. The Kier molecular flexibility index (Phi) is 4.48. The van der Waals surface area contributed by atoms with Crippen molar-refractivity contribution in [2.24, 2.45) is 0 Å². The van der Waals surface area contributed by atoms with Crippen LogP contribution in [0.2, 0.25) is 0 Å². The van der Waals surface area contributed by atoms with E-state index in [0.717, 1.165) is 0 Å². The molecule has 0 amide bonds. The third-order valence-electron chi connectivity index (χ3n) is 2.34. The molecule has 0 aliphatic rings. The lowest BCUT2D eigenvalue weighted by Gasteiger charge is -2.07. The number of nitrogens with zero attached hydrogens (tertiary/aromatic N) is 3.